The number of benzene rings is 1. The number of fused-ring (bicyclic) bond motifs is 1. The number of carbonyl (C=O) groups is 1. The summed E-state index contributed by atoms with van der Waals surface area (Å²) in [5.41, 5.74) is 0.877. The van der Waals surface area contributed by atoms with Gasteiger partial charge in [-0.25, -0.2) is 9.78 Å². The van der Waals surface area contributed by atoms with E-state index >= 15 is 0 Å². The number of anilines is 2. The predicted octanol–water partition coefficient (Wildman–Crippen LogP) is 3.54. The molecule has 0 radical (unpaired) electrons. The number of rotatable bonds is 5. The van der Waals surface area contributed by atoms with Crippen molar-refractivity contribution in [2.45, 2.75) is 13.5 Å². The first-order valence-electron chi connectivity index (χ1n) is 9.44. The first-order chi connectivity index (χ1) is 13.7. The van der Waals surface area contributed by atoms with Crippen molar-refractivity contribution in [3.8, 4) is 0 Å². The van der Waals surface area contributed by atoms with E-state index in [0.717, 1.165) is 22.5 Å². The molecule has 9 heteroatoms. The van der Waals surface area contributed by atoms with Crippen LogP contribution in [0.5, 0.6) is 0 Å². The number of amides is 1. The van der Waals surface area contributed by atoms with Crippen LogP contribution in [0.3, 0.4) is 0 Å². The van der Waals surface area contributed by atoms with Crippen LogP contribution in [0, 0.1) is 0 Å². The summed E-state index contributed by atoms with van der Waals surface area (Å²) in [6, 6.07) is 11.7. The third-order valence-corrected chi connectivity index (χ3v) is 4.69. The molecule has 0 spiro atoms. The molecule has 1 aliphatic heterocycles. The molecule has 2 aromatic heterocycles. The third kappa shape index (κ3) is 4.71. The Bertz CT molecular complexity index is 942. The van der Waals surface area contributed by atoms with Crippen molar-refractivity contribution in [1.82, 2.24) is 14.9 Å². The zero-order chi connectivity index (χ0) is 19.3. The van der Waals surface area contributed by atoms with Gasteiger partial charge in [0.15, 0.2) is 0 Å². The summed E-state index contributed by atoms with van der Waals surface area (Å²) in [5.74, 6) is 2.27. The molecule has 1 amide bonds. The Hall–Kier alpha value is -3.00. The largest absolute Gasteiger partial charge is 0.467 e. The Morgan fingerprint density at radius 3 is 2.66 bits per heavy atom. The molecule has 1 aliphatic rings. The Kier molecular flexibility index (Phi) is 6.77. The van der Waals surface area contributed by atoms with Crippen LogP contribution in [0.15, 0.2) is 47.1 Å². The fraction of sp³-hybridized carbons (Fsp3) is 0.350. The monoisotopic (exact) mass is 417 g/mol. The van der Waals surface area contributed by atoms with Gasteiger partial charge in [0.05, 0.1) is 24.9 Å². The topological polar surface area (TPSA) is 83.7 Å². The molecule has 1 aromatic carbocycles. The summed E-state index contributed by atoms with van der Waals surface area (Å²) in [6.07, 6.45) is 1.39. The third-order valence-electron chi connectivity index (χ3n) is 4.69. The van der Waals surface area contributed by atoms with Gasteiger partial charge in [-0.3, -0.25) is 0 Å². The number of ether oxygens (including phenoxy) is 1. The molecular formula is C20H24ClN5O3. The molecule has 4 rings (SSSR count). The van der Waals surface area contributed by atoms with E-state index in [0.29, 0.717) is 45.3 Å². The molecule has 1 saturated heterocycles. The molecule has 1 fully saturated rings. The van der Waals surface area contributed by atoms with Gasteiger partial charge in [0.2, 0.25) is 5.95 Å². The standard InChI is InChI=1S/C20H23N5O3.ClH/c1-2-27-20(26)25-11-9-24(10-12-25)19-22-17-8-4-3-7-16(17)18(23-19)21-14-15-6-5-13-28-15;/h3-8,13H,2,9-12,14H2,1H3,(H,21,22,23);1H. The highest BCUT2D eigenvalue weighted by Crippen LogP contribution is 2.24. The maximum absolute atomic E-state index is 11.9. The molecule has 29 heavy (non-hydrogen) atoms. The number of carbonyl (C=O) groups excluding carboxylic acids is 1. The number of para-hydroxylation sites is 1. The van der Waals surface area contributed by atoms with Gasteiger partial charge in [-0.2, -0.15) is 4.98 Å². The molecule has 0 aliphatic carbocycles. The van der Waals surface area contributed by atoms with Crippen molar-refractivity contribution in [2.75, 3.05) is 43.0 Å². The molecule has 0 unspecified atom stereocenters. The lowest BCUT2D eigenvalue weighted by atomic mass is 10.2. The number of nitrogens with one attached hydrogen (secondary N) is 1. The van der Waals surface area contributed by atoms with Crippen molar-refractivity contribution >= 4 is 41.2 Å². The number of piperazine rings is 1. The summed E-state index contributed by atoms with van der Waals surface area (Å²) < 4.78 is 10.5. The number of furan rings is 1. The lowest BCUT2D eigenvalue weighted by Gasteiger charge is -2.34. The normalized spacial score (nSPS) is 13.8. The minimum Gasteiger partial charge on any atom is -0.467 e. The maximum atomic E-state index is 11.9. The van der Waals surface area contributed by atoms with E-state index in [1.807, 2.05) is 43.3 Å². The van der Waals surface area contributed by atoms with Crippen LogP contribution in [-0.2, 0) is 11.3 Å². The number of halogens is 1. The molecule has 1 N–H and O–H groups in total. The summed E-state index contributed by atoms with van der Waals surface area (Å²) >= 11 is 0. The average Bonchev–Trinajstić information content (AvgIpc) is 3.26. The van der Waals surface area contributed by atoms with Crippen molar-refractivity contribution in [3.05, 3.63) is 48.4 Å². The van der Waals surface area contributed by atoms with E-state index in [1.54, 1.807) is 11.2 Å². The first-order valence-corrected chi connectivity index (χ1v) is 9.44. The van der Waals surface area contributed by atoms with Gasteiger partial charge in [0.25, 0.3) is 0 Å². The molecule has 3 heterocycles. The smallest absolute Gasteiger partial charge is 0.409 e. The molecule has 154 valence electrons. The predicted molar refractivity (Wildman–Crippen MR) is 114 cm³/mol. The van der Waals surface area contributed by atoms with Crippen LogP contribution >= 0.6 is 12.4 Å². The van der Waals surface area contributed by atoms with Crippen LogP contribution < -0.4 is 10.2 Å². The van der Waals surface area contributed by atoms with E-state index in [-0.39, 0.29) is 18.5 Å². The van der Waals surface area contributed by atoms with Crippen molar-refractivity contribution in [2.24, 2.45) is 0 Å². The van der Waals surface area contributed by atoms with Crippen molar-refractivity contribution < 1.29 is 13.9 Å². The second kappa shape index (κ2) is 9.47. The quantitative estimate of drug-likeness (QED) is 0.679. The van der Waals surface area contributed by atoms with Crippen LogP contribution in [0.2, 0.25) is 0 Å². The van der Waals surface area contributed by atoms with Gasteiger partial charge >= 0.3 is 6.09 Å². The molecule has 8 nitrogen and oxygen atoms in total. The lowest BCUT2D eigenvalue weighted by molar-refractivity contribution is 0.105. The van der Waals surface area contributed by atoms with E-state index in [1.165, 1.54) is 0 Å². The van der Waals surface area contributed by atoms with Gasteiger partial charge < -0.3 is 24.3 Å². The zero-order valence-corrected chi connectivity index (χ0v) is 17.0. The van der Waals surface area contributed by atoms with Gasteiger partial charge in [-0.1, -0.05) is 12.1 Å². The summed E-state index contributed by atoms with van der Waals surface area (Å²) in [7, 11) is 0. The molecular weight excluding hydrogens is 394 g/mol. The van der Waals surface area contributed by atoms with Gasteiger partial charge in [0.1, 0.15) is 11.6 Å². The number of hydrogen-bond acceptors (Lipinski definition) is 7. The highest BCUT2D eigenvalue weighted by atomic mass is 35.5. The minimum absolute atomic E-state index is 0. The molecule has 0 atom stereocenters. The first kappa shape index (κ1) is 20.7. The van der Waals surface area contributed by atoms with E-state index in [4.69, 9.17) is 19.1 Å². The van der Waals surface area contributed by atoms with Gasteiger partial charge in [0, 0.05) is 31.6 Å². The Morgan fingerprint density at radius 1 is 1.14 bits per heavy atom. The fourth-order valence-corrected chi connectivity index (χ4v) is 3.23. The van der Waals surface area contributed by atoms with Gasteiger partial charge in [-0.15, -0.1) is 12.4 Å². The Morgan fingerprint density at radius 2 is 1.93 bits per heavy atom. The van der Waals surface area contributed by atoms with Gasteiger partial charge in [-0.05, 0) is 31.2 Å². The molecule has 0 bridgehead atoms. The Balaban J connectivity index is 0.00000240. The van der Waals surface area contributed by atoms with E-state index in [2.05, 4.69) is 10.2 Å². The van der Waals surface area contributed by atoms with E-state index in [9.17, 15) is 4.79 Å². The number of aromatic nitrogens is 2. The lowest BCUT2D eigenvalue weighted by Crippen LogP contribution is -2.49. The second-order valence-electron chi connectivity index (χ2n) is 6.50. The average molecular weight is 418 g/mol. The Labute approximate surface area is 175 Å². The maximum Gasteiger partial charge on any atom is 0.409 e. The van der Waals surface area contributed by atoms with Crippen LogP contribution in [-0.4, -0.2) is 53.7 Å². The van der Waals surface area contributed by atoms with Crippen LogP contribution in [0.1, 0.15) is 12.7 Å². The highest BCUT2D eigenvalue weighted by Gasteiger charge is 2.24. The van der Waals surface area contributed by atoms with Crippen LogP contribution in [0.25, 0.3) is 10.9 Å². The SMILES string of the molecule is CCOC(=O)N1CCN(c2nc(NCc3ccco3)c3ccccc3n2)CC1.Cl. The van der Waals surface area contributed by atoms with Crippen molar-refractivity contribution in [3.63, 3.8) is 0 Å². The molecule has 0 saturated carbocycles. The number of nitrogens with zero attached hydrogens (tertiary/aromatic N) is 4. The zero-order valence-electron chi connectivity index (χ0n) is 16.2. The van der Waals surface area contributed by atoms with Crippen LogP contribution in [0.4, 0.5) is 16.6 Å². The summed E-state index contributed by atoms with van der Waals surface area (Å²) in [6.45, 7) is 5.24. The summed E-state index contributed by atoms with van der Waals surface area (Å²) in [5, 5.41) is 4.32. The van der Waals surface area contributed by atoms with Crippen molar-refractivity contribution in [1.29, 1.82) is 0 Å². The molecule has 3 aromatic rings. The summed E-state index contributed by atoms with van der Waals surface area (Å²) in [4.78, 5) is 25.2. The highest BCUT2D eigenvalue weighted by molar-refractivity contribution is 5.90. The number of hydrogen-bond donors (Lipinski definition) is 1. The minimum atomic E-state index is -0.262. The fourth-order valence-electron chi connectivity index (χ4n) is 3.23. The second-order valence-corrected chi connectivity index (χ2v) is 6.50. The van der Waals surface area contributed by atoms with E-state index < -0.39 is 0 Å².